The lowest BCUT2D eigenvalue weighted by Gasteiger charge is -2.30. The third-order valence-corrected chi connectivity index (χ3v) is 8.17. The molecule has 11 heteroatoms. The van der Waals surface area contributed by atoms with Gasteiger partial charge >= 0.3 is 6.01 Å². The van der Waals surface area contributed by atoms with Crippen LogP contribution < -0.4 is 5.32 Å². The fourth-order valence-corrected chi connectivity index (χ4v) is 6.02. The van der Waals surface area contributed by atoms with Crippen LogP contribution in [0.2, 0.25) is 5.02 Å². The van der Waals surface area contributed by atoms with E-state index in [9.17, 15) is 13.2 Å². The van der Waals surface area contributed by atoms with Crippen LogP contribution in [0.1, 0.15) is 12.8 Å². The van der Waals surface area contributed by atoms with Crippen LogP contribution in [0.3, 0.4) is 0 Å². The molecule has 152 valence electrons. The predicted octanol–water partition coefficient (Wildman–Crippen LogP) is 3.49. The van der Waals surface area contributed by atoms with Crippen LogP contribution in [0.25, 0.3) is 11.5 Å². The number of carbonyl (C=O) groups excluding carboxylic acids is 1. The predicted molar refractivity (Wildman–Crippen MR) is 109 cm³/mol. The lowest BCUT2D eigenvalue weighted by molar-refractivity contribution is -0.121. The zero-order valence-electron chi connectivity index (χ0n) is 15.1. The number of thiophene rings is 1. The maximum Gasteiger partial charge on any atom is 0.322 e. The molecule has 1 aliphatic heterocycles. The van der Waals surface area contributed by atoms with Crippen molar-refractivity contribution in [2.75, 3.05) is 18.4 Å². The van der Waals surface area contributed by atoms with Crippen LogP contribution in [0.4, 0.5) is 6.01 Å². The summed E-state index contributed by atoms with van der Waals surface area (Å²) in [5.74, 6) is -0.670. The summed E-state index contributed by atoms with van der Waals surface area (Å²) >= 11 is 7.28. The molecule has 1 saturated heterocycles. The van der Waals surface area contributed by atoms with Crippen molar-refractivity contribution in [1.82, 2.24) is 14.5 Å². The number of sulfonamides is 1. The van der Waals surface area contributed by atoms with Crippen LogP contribution in [-0.4, -0.2) is 41.9 Å². The quantitative estimate of drug-likeness (QED) is 0.635. The number of halogens is 1. The van der Waals surface area contributed by atoms with Gasteiger partial charge in [0.05, 0.1) is 16.5 Å². The summed E-state index contributed by atoms with van der Waals surface area (Å²) in [6, 6.07) is 10.2. The second-order valence-electron chi connectivity index (χ2n) is 6.52. The minimum Gasteiger partial charge on any atom is -0.403 e. The smallest absolute Gasteiger partial charge is 0.322 e. The number of anilines is 1. The lowest BCUT2D eigenvalue weighted by Crippen LogP contribution is -2.43. The van der Waals surface area contributed by atoms with Gasteiger partial charge in [0.25, 0.3) is 15.9 Å². The molecule has 0 aliphatic carbocycles. The van der Waals surface area contributed by atoms with Crippen LogP contribution in [0, 0.1) is 5.92 Å². The summed E-state index contributed by atoms with van der Waals surface area (Å²) in [4.78, 5) is 12.7. The molecule has 1 amide bonds. The SMILES string of the molecule is O=C(Nc1nnc(-c2ccccc2Cl)o1)C1CCCN(S(=O)(=O)c2cccs2)C1. The van der Waals surface area contributed by atoms with Crippen LogP contribution in [0.5, 0.6) is 0 Å². The fraction of sp³-hybridized carbons (Fsp3) is 0.278. The maximum atomic E-state index is 12.7. The zero-order valence-corrected chi connectivity index (χ0v) is 17.5. The normalized spacial score (nSPS) is 17.9. The summed E-state index contributed by atoms with van der Waals surface area (Å²) in [6.45, 7) is 0.499. The maximum absolute atomic E-state index is 12.7. The number of aromatic nitrogens is 2. The molecule has 4 rings (SSSR count). The minimum atomic E-state index is -3.59. The summed E-state index contributed by atoms with van der Waals surface area (Å²) in [5.41, 5.74) is 0.563. The summed E-state index contributed by atoms with van der Waals surface area (Å²) in [7, 11) is -3.59. The Morgan fingerprint density at radius 1 is 1.24 bits per heavy atom. The number of rotatable bonds is 5. The number of hydrogen-bond acceptors (Lipinski definition) is 7. The van der Waals surface area contributed by atoms with E-state index in [1.165, 1.54) is 4.31 Å². The van der Waals surface area contributed by atoms with Gasteiger partial charge in [-0.25, -0.2) is 8.42 Å². The summed E-state index contributed by atoms with van der Waals surface area (Å²) in [6.07, 6.45) is 1.17. The molecule has 3 heterocycles. The van der Waals surface area contributed by atoms with E-state index in [-0.39, 0.29) is 28.6 Å². The van der Waals surface area contributed by atoms with E-state index >= 15 is 0 Å². The van der Waals surface area contributed by atoms with Crippen molar-refractivity contribution in [2.45, 2.75) is 17.1 Å². The number of benzene rings is 1. The fourth-order valence-electron chi connectivity index (χ4n) is 3.14. The van der Waals surface area contributed by atoms with E-state index in [4.69, 9.17) is 16.0 Å². The highest BCUT2D eigenvalue weighted by Gasteiger charge is 2.34. The monoisotopic (exact) mass is 452 g/mol. The number of carbonyl (C=O) groups is 1. The van der Waals surface area contributed by atoms with E-state index in [2.05, 4.69) is 15.5 Å². The second-order valence-corrected chi connectivity index (χ2v) is 10.0. The first-order chi connectivity index (χ1) is 13.9. The van der Waals surface area contributed by atoms with E-state index < -0.39 is 15.9 Å². The minimum absolute atomic E-state index is 0.0526. The van der Waals surface area contributed by atoms with Crippen molar-refractivity contribution in [1.29, 1.82) is 0 Å². The van der Waals surface area contributed by atoms with Gasteiger partial charge in [-0.15, -0.1) is 16.4 Å². The number of nitrogens with one attached hydrogen (secondary N) is 1. The van der Waals surface area contributed by atoms with Crippen molar-refractivity contribution in [3.05, 3.63) is 46.8 Å². The second kappa shape index (κ2) is 8.23. The van der Waals surface area contributed by atoms with Gasteiger partial charge in [0.2, 0.25) is 5.91 Å². The Bertz CT molecular complexity index is 1110. The van der Waals surface area contributed by atoms with Crippen LogP contribution in [-0.2, 0) is 14.8 Å². The molecular formula is C18H17ClN4O4S2. The molecule has 0 saturated carbocycles. The Morgan fingerprint density at radius 2 is 2.07 bits per heavy atom. The van der Waals surface area contributed by atoms with Crippen molar-refractivity contribution < 1.29 is 17.6 Å². The van der Waals surface area contributed by atoms with Gasteiger partial charge in [-0.3, -0.25) is 10.1 Å². The standard InChI is InChI=1S/C18H17ClN4O4S2/c19-14-7-2-1-6-13(14)17-21-22-18(27-17)20-16(24)12-5-3-9-23(11-12)29(25,26)15-8-4-10-28-15/h1-2,4,6-8,10,12H,3,5,9,11H2,(H,20,22,24). The third kappa shape index (κ3) is 4.20. The molecule has 8 nitrogen and oxygen atoms in total. The average Bonchev–Trinajstić information content (AvgIpc) is 3.41. The molecule has 1 aromatic carbocycles. The van der Waals surface area contributed by atoms with E-state index in [1.807, 2.05) is 0 Å². The Kier molecular flexibility index (Phi) is 5.68. The molecule has 0 spiro atoms. The Hall–Kier alpha value is -2.27. The molecular weight excluding hydrogens is 436 g/mol. The highest BCUT2D eigenvalue weighted by atomic mass is 35.5. The molecule has 1 N–H and O–H groups in total. The average molecular weight is 453 g/mol. The summed E-state index contributed by atoms with van der Waals surface area (Å²) in [5, 5.41) is 12.5. The number of hydrogen-bond donors (Lipinski definition) is 1. The summed E-state index contributed by atoms with van der Waals surface area (Å²) < 4.78 is 32.6. The Labute approximate surface area is 176 Å². The van der Waals surface area contributed by atoms with Gasteiger partial charge in [-0.1, -0.05) is 34.9 Å². The third-order valence-electron chi connectivity index (χ3n) is 4.60. The molecule has 2 aromatic heterocycles. The van der Waals surface area contributed by atoms with Crippen LogP contribution in [0.15, 0.2) is 50.4 Å². The molecule has 29 heavy (non-hydrogen) atoms. The van der Waals surface area contributed by atoms with Gasteiger partial charge < -0.3 is 4.42 Å². The Balaban J connectivity index is 1.45. The van der Waals surface area contributed by atoms with Gasteiger partial charge in [0.15, 0.2) is 0 Å². The first kappa shape index (κ1) is 20.0. The molecule has 0 bridgehead atoms. The molecule has 1 atom stereocenters. The molecule has 1 fully saturated rings. The number of piperidine rings is 1. The molecule has 1 unspecified atom stereocenters. The van der Waals surface area contributed by atoms with Crippen molar-refractivity contribution in [3.8, 4) is 11.5 Å². The van der Waals surface area contributed by atoms with Gasteiger partial charge in [-0.05, 0) is 36.4 Å². The van der Waals surface area contributed by atoms with Gasteiger partial charge in [0.1, 0.15) is 4.21 Å². The van der Waals surface area contributed by atoms with Crippen molar-refractivity contribution in [2.24, 2.45) is 5.92 Å². The zero-order chi connectivity index (χ0) is 20.4. The first-order valence-electron chi connectivity index (χ1n) is 8.88. The van der Waals surface area contributed by atoms with Crippen LogP contribution >= 0.6 is 22.9 Å². The Morgan fingerprint density at radius 3 is 2.83 bits per heavy atom. The van der Waals surface area contributed by atoms with E-state index in [1.54, 1.807) is 41.8 Å². The number of amides is 1. The van der Waals surface area contributed by atoms with Crippen molar-refractivity contribution >= 4 is 44.9 Å². The topological polar surface area (TPSA) is 105 Å². The highest BCUT2D eigenvalue weighted by Crippen LogP contribution is 2.29. The largest absolute Gasteiger partial charge is 0.403 e. The first-order valence-corrected chi connectivity index (χ1v) is 11.6. The molecule has 1 aliphatic rings. The van der Waals surface area contributed by atoms with Gasteiger partial charge in [0, 0.05) is 13.1 Å². The molecule has 0 radical (unpaired) electrons. The highest BCUT2D eigenvalue weighted by molar-refractivity contribution is 7.91. The lowest BCUT2D eigenvalue weighted by atomic mass is 9.99. The van der Waals surface area contributed by atoms with Gasteiger partial charge in [-0.2, -0.15) is 4.31 Å². The van der Waals surface area contributed by atoms with E-state index in [0.29, 0.717) is 30.0 Å². The van der Waals surface area contributed by atoms with E-state index in [0.717, 1.165) is 11.3 Å². The van der Waals surface area contributed by atoms with Crippen molar-refractivity contribution in [3.63, 3.8) is 0 Å². The number of nitrogens with zero attached hydrogens (tertiary/aromatic N) is 3. The molecule has 3 aromatic rings.